The molecule has 0 atom stereocenters. The fraction of sp³-hybridized carbons (Fsp3) is 0.259. The lowest BCUT2D eigenvalue weighted by Crippen LogP contribution is -2.32. The second-order valence-electron chi connectivity index (χ2n) is 8.57. The first-order valence-electron chi connectivity index (χ1n) is 11.3. The van der Waals surface area contributed by atoms with E-state index in [9.17, 15) is 9.59 Å². The van der Waals surface area contributed by atoms with E-state index in [1.54, 1.807) is 18.2 Å². The van der Waals surface area contributed by atoms with Gasteiger partial charge in [0.2, 0.25) is 0 Å². The van der Waals surface area contributed by atoms with E-state index in [2.05, 4.69) is 22.2 Å². The number of aromatic amines is 1. The Morgan fingerprint density at radius 2 is 1.70 bits per heavy atom. The highest BCUT2D eigenvalue weighted by atomic mass is 16.2. The molecule has 2 amide bonds. The quantitative estimate of drug-likeness (QED) is 0.355. The van der Waals surface area contributed by atoms with Crippen LogP contribution in [0.15, 0.2) is 61.2 Å². The molecular formula is C27H30N4O2. The Balaban J connectivity index is 1.64. The standard InChI is InChI=1S/C27H30N4O2/c1-3-15-29-22-13-11-19(12-14-22)23-17(2)31-25(26(28)32)24(23)20-7-9-21(10-8-20)27(33)30-16-18-5-4-6-18/h3,7-14,18,29,31H,1,4-6,15-16H2,2H3,(H2,28,32)(H,30,33). The SMILES string of the molecule is C=CCNc1ccc(-c2c(C)[nH]c(C(N)=O)c2-c2ccc(C(=O)NCC3CCC3)cc2)cc1. The normalized spacial score (nSPS) is 13.2. The lowest BCUT2D eigenvalue weighted by molar-refractivity contribution is 0.0938. The van der Waals surface area contributed by atoms with E-state index in [1.165, 1.54) is 19.3 Å². The van der Waals surface area contributed by atoms with Crippen LogP contribution >= 0.6 is 0 Å². The van der Waals surface area contributed by atoms with E-state index in [1.807, 2.05) is 43.3 Å². The molecule has 1 fully saturated rings. The molecule has 0 aliphatic heterocycles. The van der Waals surface area contributed by atoms with Gasteiger partial charge >= 0.3 is 0 Å². The van der Waals surface area contributed by atoms with E-state index < -0.39 is 5.91 Å². The minimum atomic E-state index is -0.522. The summed E-state index contributed by atoms with van der Waals surface area (Å²) >= 11 is 0. The second kappa shape index (κ2) is 9.77. The number of benzene rings is 2. The van der Waals surface area contributed by atoms with Crippen LogP contribution in [0, 0.1) is 12.8 Å². The van der Waals surface area contributed by atoms with Crippen LogP contribution in [0.1, 0.15) is 45.8 Å². The van der Waals surface area contributed by atoms with Crippen molar-refractivity contribution in [3.8, 4) is 22.3 Å². The lowest BCUT2D eigenvalue weighted by atomic mass is 9.85. The monoisotopic (exact) mass is 442 g/mol. The molecular weight excluding hydrogens is 412 g/mol. The smallest absolute Gasteiger partial charge is 0.265 e. The van der Waals surface area contributed by atoms with Crippen LogP contribution in [-0.4, -0.2) is 29.9 Å². The minimum absolute atomic E-state index is 0.0725. The molecule has 1 aromatic heterocycles. The van der Waals surface area contributed by atoms with Crippen molar-refractivity contribution in [1.29, 1.82) is 0 Å². The molecule has 0 radical (unpaired) electrons. The van der Waals surface area contributed by atoms with Crippen LogP contribution in [0.5, 0.6) is 0 Å². The Hall–Kier alpha value is -3.80. The summed E-state index contributed by atoms with van der Waals surface area (Å²) in [6.45, 7) is 7.06. The van der Waals surface area contributed by atoms with E-state index in [4.69, 9.17) is 5.73 Å². The first-order valence-corrected chi connectivity index (χ1v) is 11.3. The van der Waals surface area contributed by atoms with Gasteiger partial charge in [0.1, 0.15) is 5.69 Å². The summed E-state index contributed by atoms with van der Waals surface area (Å²) in [4.78, 5) is 27.9. The molecule has 1 aliphatic carbocycles. The van der Waals surface area contributed by atoms with Crippen LogP contribution in [-0.2, 0) is 0 Å². The maximum absolute atomic E-state index is 12.5. The molecule has 1 saturated carbocycles. The molecule has 0 unspecified atom stereocenters. The zero-order chi connectivity index (χ0) is 23.4. The van der Waals surface area contributed by atoms with E-state index >= 15 is 0 Å². The predicted octanol–water partition coefficient (Wildman–Crippen LogP) is 4.88. The maximum Gasteiger partial charge on any atom is 0.265 e. The first-order chi connectivity index (χ1) is 16.0. The van der Waals surface area contributed by atoms with E-state index in [0.717, 1.165) is 40.2 Å². The number of rotatable bonds is 9. The van der Waals surface area contributed by atoms with Crippen molar-refractivity contribution in [3.05, 3.63) is 78.1 Å². The van der Waals surface area contributed by atoms with Gasteiger partial charge in [-0.1, -0.05) is 36.8 Å². The number of hydrogen-bond acceptors (Lipinski definition) is 3. The number of primary amides is 1. The maximum atomic E-state index is 12.5. The van der Waals surface area contributed by atoms with Gasteiger partial charge < -0.3 is 21.4 Å². The van der Waals surface area contributed by atoms with Crippen molar-refractivity contribution in [2.24, 2.45) is 11.7 Å². The van der Waals surface area contributed by atoms with Crippen LogP contribution in [0.2, 0.25) is 0 Å². The molecule has 0 spiro atoms. The summed E-state index contributed by atoms with van der Waals surface area (Å²) in [5.41, 5.74) is 12.0. The first kappa shape index (κ1) is 22.4. The van der Waals surface area contributed by atoms with Crippen LogP contribution < -0.4 is 16.4 Å². The molecule has 4 rings (SSSR count). The molecule has 3 aromatic rings. The van der Waals surface area contributed by atoms with Crippen molar-refractivity contribution in [2.45, 2.75) is 26.2 Å². The molecule has 6 heteroatoms. The third-order valence-electron chi connectivity index (χ3n) is 6.27. The number of aryl methyl sites for hydroxylation is 1. The molecule has 170 valence electrons. The Labute approximate surface area is 194 Å². The Kier molecular flexibility index (Phi) is 6.63. The lowest BCUT2D eigenvalue weighted by Gasteiger charge is -2.25. The fourth-order valence-electron chi connectivity index (χ4n) is 4.23. The zero-order valence-electron chi connectivity index (χ0n) is 18.9. The van der Waals surface area contributed by atoms with Crippen molar-refractivity contribution in [1.82, 2.24) is 10.3 Å². The van der Waals surface area contributed by atoms with Gasteiger partial charge in [-0.2, -0.15) is 0 Å². The Morgan fingerprint density at radius 1 is 1.06 bits per heavy atom. The number of hydrogen-bond donors (Lipinski definition) is 4. The van der Waals surface area contributed by atoms with Crippen LogP contribution in [0.25, 0.3) is 22.3 Å². The Morgan fingerprint density at radius 3 is 2.27 bits per heavy atom. The summed E-state index contributed by atoms with van der Waals surface area (Å²) in [5.74, 6) is 0.0118. The number of nitrogens with one attached hydrogen (secondary N) is 3. The largest absolute Gasteiger partial charge is 0.382 e. The molecule has 33 heavy (non-hydrogen) atoms. The van der Waals surface area contributed by atoms with Gasteiger partial charge in [0.25, 0.3) is 11.8 Å². The topological polar surface area (TPSA) is 100 Å². The van der Waals surface area contributed by atoms with Crippen molar-refractivity contribution in [2.75, 3.05) is 18.4 Å². The highest BCUT2D eigenvalue weighted by molar-refractivity contribution is 6.04. The van der Waals surface area contributed by atoms with Gasteiger partial charge in [0.15, 0.2) is 0 Å². The highest BCUT2D eigenvalue weighted by Gasteiger charge is 2.22. The number of H-pyrrole nitrogens is 1. The average Bonchev–Trinajstić information content (AvgIpc) is 3.14. The fourth-order valence-corrected chi connectivity index (χ4v) is 4.23. The average molecular weight is 443 g/mol. The van der Waals surface area contributed by atoms with Gasteiger partial charge in [-0.15, -0.1) is 6.58 Å². The summed E-state index contributed by atoms with van der Waals surface area (Å²) < 4.78 is 0. The van der Waals surface area contributed by atoms with E-state index in [0.29, 0.717) is 23.7 Å². The van der Waals surface area contributed by atoms with E-state index in [-0.39, 0.29) is 5.91 Å². The number of anilines is 1. The predicted molar refractivity (Wildman–Crippen MR) is 133 cm³/mol. The summed E-state index contributed by atoms with van der Waals surface area (Å²) in [6, 6.07) is 15.3. The van der Waals surface area contributed by atoms with Crippen molar-refractivity contribution in [3.63, 3.8) is 0 Å². The van der Waals surface area contributed by atoms with Crippen molar-refractivity contribution >= 4 is 17.5 Å². The molecule has 0 saturated heterocycles. The third kappa shape index (κ3) is 4.85. The Bertz CT molecular complexity index is 1160. The minimum Gasteiger partial charge on any atom is -0.382 e. The molecule has 1 aliphatic rings. The number of carbonyl (C=O) groups is 2. The molecule has 6 nitrogen and oxygen atoms in total. The zero-order valence-corrected chi connectivity index (χ0v) is 18.9. The van der Waals surface area contributed by atoms with Gasteiger partial charge in [-0.25, -0.2) is 0 Å². The third-order valence-corrected chi connectivity index (χ3v) is 6.27. The summed E-state index contributed by atoms with van der Waals surface area (Å²) in [5, 5.41) is 6.28. The van der Waals surface area contributed by atoms with Crippen molar-refractivity contribution < 1.29 is 9.59 Å². The number of nitrogens with two attached hydrogens (primary N) is 1. The van der Waals surface area contributed by atoms with Crippen LogP contribution in [0.4, 0.5) is 5.69 Å². The number of carbonyl (C=O) groups excluding carboxylic acids is 2. The summed E-state index contributed by atoms with van der Waals surface area (Å²) in [7, 11) is 0. The van der Waals surface area contributed by atoms with Gasteiger partial charge in [0.05, 0.1) is 0 Å². The van der Waals surface area contributed by atoms with Crippen LogP contribution in [0.3, 0.4) is 0 Å². The second-order valence-corrected chi connectivity index (χ2v) is 8.57. The molecule has 5 N–H and O–H groups in total. The van der Waals surface area contributed by atoms with Gasteiger partial charge in [-0.3, -0.25) is 9.59 Å². The molecule has 2 aromatic carbocycles. The van der Waals surface area contributed by atoms with Gasteiger partial charge in [0, 0.05) is 41.2 Å². The number of amides is 2. The summed E-state index contributed by atoms with van der Waals surface area (Å²) in [6.07, 6.45) is 5.44. The van der Waals surface area contributed by atoms with Gasteiger partial charge in [-0.05, 0) is 61.1 Å². The number of aromatic nitrogens is 1. The molecule has 0 bridgehead atoms. The molecule has 1 heterocycles. The highest BCUT2D eigenvalue weighted by Crippen LogP contribution is 2.38.